The molecule has 7 heteroatoms. The quantitative estimate of drug-likeness (QED) is 0.599. The first kappa shape index (κ1) is 11.2. The highest BCUT2D eigenvalue weighted by atomic mass is 19.2. The lowest BCUT2D eigenvalue weighted by atomic mass is 10.3. The molecule has 1 aromatic carbocycles. The second kappa shape index (κ2) is 4.30. The predicted molar refractivity (Wildman–Crippen MR) is 57.6 cm³/mol. The van der Waals surface area contributed by atoms with Crippen LogP contribution in [0.3, 0.4) is 0 Å². The molecule has 5 nitrogen and oxygen atoms in total. The van der Waals surface area contributed by atoms with Gasteiger partial charge in [-0.3, -0.25) is 9.36 Å². The Bertz CT molecular complexity index is 611. The van der Waals surface area contributed by atoms with Crippen LogP contribution < -0.4 is 16.8 Å². The Kier molecular flexibility index (Phi) is 2.84. The first-order valence-corrected chi connectivity index (χ1v) is 4.63. The van der Waals surface area contributed by atoms with E-state index < -0.39 is 17.2 Å². The van der Waals surface area contributed by atoms with Crippen molar-refractivity contribution < 1.29 is 8.78 Å². The molecule has 0 unspecified atom stereocenters. The van der Waals surface area contributed by atoms with Gasteiger partial charge < -0.3 is 5.43 Å². The summed E-state index contributed by atoms with van der Waals surface area (Å²) < 4.78 is 26.9. The number of benzene rings is 1. The van der Waals surface area contributed by atoms with Crippen LogP contribution in [-0.4, -0.2) is 9.55 Å². The van der Waals surface area contributed by atoms with E-state index in [-0.39, 0.29) is 11.5 Å². The van der Waals surface area contributed by atoms with E-state index in [1.54, 1.807) is 0 Å². The van der Waals surface area contributed by atoms with Gasteiger partial charge in [0.25, 0.3) is 5.56 Å². The van der Waals surface area contributed by atoms with Crippen molar-refractivity contribution in [3.05, 3.63) is 52.6 Å². The fourth-order valence-corrected chi connectivity index (χ4v) is 1.35. The summed E-state index contributed by atoms with van der Waals surface area (Å²) in [5.41, 5.74) is 1.75. The van der Waals surface area contributed by atoms with Gasteiger partial charge in [0.15, 0.2) is 11.6 Å². The minimum Gasteiger partial charge on any atom is -0.304 e. The van der Waals surface area contributed by atoms with Gasteiger partial charge >= 0.3 is 0 Å². The Morgan fingerprint density at radius 2 is 2.06 bits per heavy atom. The number of anilines is 1. The molecule has 0 aliphatic rings. The first-order chi connectivity index (χ1) is 8.13. The van der Waals surface area contributed by atoms with Gasteiger partial charge in [-0.25, -0.2) is 19.6 Å². The summed E-state index contributed by atoms with van der Waals surface area (Å²) in [6.07, 6.45) is 2.65. The van der Waals surface area contributed by atoms with E-state index >= 15 is 0 Å². The number of nitrogens with zero attached hydrogens (tertiary/aromatic N) is 2. The lowest BCUT2D eigenvalue weighted by Crippen LogP contribution is -2.25. The summed E-state index contributed by atoms with van der Waals surface area (Å²) in [5.74, 6) is 2.99. The summed E-state index contributed by atoms with van der Waals surface area (Å²) in [4.78, 5) is 15.4. The molecule has 0 atom stereocenters. The molecule has 0 aliphatic carbocycles. The van der Waals surface area contributed by atoms with Crippen molar-refractivity contribution in [2.24, 2.45) is 5.84 Å². The molecule has 0 aliphatic heterocycles. The average Bonchev–Trinajstić information content (AvgIpc) is 2.33. The second-order valence-electron chi connectivity index (χ2n) is 3.19. The van der Waals surface area contributed by atoms with E-state index in [0.29, 0.717) is 0 Å². The topological polar surface area (TPSA) is 72.9 Å². The average molecular weight is 238 g/mol. The summed E-state index contributed by atoms with van der Waals surface area (Å²) in [6.45, 7) is 0. The molecule has 0 saturated heterocycles. The normalized spacial score (nSPS) is 10.3. The molecule has 0 spiro atoms. The first-order valence-electron chi connectivity index (χ1n) is 4.63. The van der Waals surface area contributed by atoms with E-state index in [1.807, 2.05) is 0 Å². The zero-order valence-electron chi connectivity index (χ0n) is 8.52. The van der Waals surface area contributed by atoms with E-state index in [1.165, 1.54) is 18.5 Å². The molecule has 1 heterocycles. The van der Waals surface area contributed by atoms with Crippen LogP contribution in [0.1, 0.15) is 0 Å². The standard InChI is InChI=1S/C10H8F2N4O/c11-7-2-1-6(5-8(7)12)16-4-3-14-9(15-13)10(16)17/h1-5H,13H2,(H,14,15). The monoisotopic (exact) mass is 238 g/mol. The molecule has 0 bridgehead atoms. The number of aromatic nitrogens is 2. The molecule has 2 rings (SSSR count). The van der Waals surface area contributed by atoms with Gasteiger partial charge in [0.2, 0.25) is 5.82 Å². The van der Waals surface area contributed by atoms with Crippen LogP contribution in [-0.2, 0) is 0 Å². The molecule has 0 saturated carbocycles. The second-order valence-corrected chi connectivity index (χ2v) is 3.19. The van der Waals surface area contributed by atoms with Crippen molar-refractivity contribution in [2.75, 3.05) is 5.43 Å². The fourth-order valence-electron chi connectivity index (χ4n) is 1.35. The van der Waals surface area contributed by atoms with Crippen molar-refractivity contribution in [3.8, 4) is 5.69 Å². The predicted octanol–water partition coefficient (Wildman–Crippen LogP) is 0.796. The number of nitrogens with one attached hydrogen (secondary N) is 1. The van der Waals surface area contributed by atoms with Gasteiger partial charge in [-0.1, -0.05) is 0 Å². The Balaban J connectivity index is 2.61. The Labute approximate surface area is 94.5 Å². The molecule has 2 aromatic rings. The van der Waals surface area contributed by atoms with Gasteiger partial charge in [0, 0.05) is 18.5 Å². The molecule has 3 N–H and O–H groups in total. The molecular formula is C10H8F2N4O. The minimum atomic E-state index is -1.03. The third kappa shape index (κ3) is 2.00. The fraction of sp³-hybridized carbons (Fsp3) is 0. The molecule has 88 valence electrons. The van der Waals surface area contributed by atoms with Crippen LogP contribution in [0.4, 0.5) is 14.6 Å². The van der Waals surface area contributed by atoms with Gasteiger partial charge in [-0.05, 0) is 12.1 Å². The molecular weight excluding hydrogens is 230 g/mol. The lowest BCUT2D eigenvalue weighted by Gasteiger charge is -2.07. The molecule has 0 fully saturated rings. The summed E-state index contributed by atoms with van der Waals surface area (Å²) >= 11 is 0. The zero-order valence-corrected chi connectivity index (χ0v) is 8.52. The minimum absolute atomic E-state index is 0.0859. The summed E-state index contributed by atoms with van der Waals surface area (Å²) in [7, 11) is 0. The van der Waals surface area contributed by atoms with Crippen LogP contribution in [0.2, 0.25) is 0 Å². The Morgan fingerprint density at radius 3 is 2.71 bits per heavy atom. The van der Waals surface area contributed by atoms with Crippen molar-refractivity contribution in [2.45, 2.75) is 0 Å². The third-order valence-corrected chi connectivity index (χ3v) is 2.16. The maximum atomic E-state index is 13.0. The van der Waals surface area contributed by atoms with E-state index in [9.17, 15) is 13.6 Å². The molecule has 0 amide bonds. The van der Waals surface area contributed by atoms with E-state index in [4.69, 9.17) is 5.84 Å². The summed E-state index contributed by atoms with van der Waals surface area (Å²) in [6, 6.07) is 3.13. The van der Waals surface area contributed by atoms with Gasteiger partial charge in [-0.2, -0.15) is 0 Å². The van der Waals surface area contributed by atoms with Crippen molar-refractivity contribution in [3.63, 3.8) is 0 Å². The van der Waals surface area contributed by atoms with Crippen LogP contribution in [0, 0.1) is 11.6 Å². The number of halogens is 2. The smallest absolute Gasteiger partial charge is 0.299 e. The van der Waals surface area contributed by atoms with Gasteiger partial charge in [0.1, 0.15) is 0 Å². The maximum absolute atomic E-state index is 13.0. The zero-order chi connectivity index (χ0) is 12.4. The number of nitrogen functional groups attached to an aromatic ring is 1. The molecule has 0 radical (unpaired) electrons. The Morgan fingerprint density at radius 1 is 1.29 bits per heavy atom. The molecule has 1 aromatic heterocycles. The highest BCUT2D eigenvalue weighted by Crippen LogP contribution is 2.11. The van der Waals surface area contributed by atoms with Crippen LogP contribution in [0.15, 0.2) is 35.4 Å². The Hall–Kier alpha value is -2.28. The maximum Gasteiger partial charge on any atom is 0.299 e. The number of hydrogen-bond acceptors (Lipinski definition) is 4. The van der Waals surface area contributed by atoms with Crippen LogP contribution in [0.25, 0.3) is 5.69 Å². The van der Waals surface area contributed by atoms with Crippen molar-refractivity contribution in [1.82, 2.24) is 9.55 Å². The third-order valence-electron chi connectivity index (χ3n) is 2.16. The molecule has 17 heavy (non-hydrogen) atoms. The highest BCUT2D eigenvalue weighted by molar-refractivity contribution is 5.37. The van der Waals surface area contributed by atoms with Crippen molar-refractivity contribution >= 4 is 5.82 Å². The van der Waals surface area contributed by atoms with E-state index in [0.717, 1.165) is 16.7 Å². The lowest BCUT2D eigenvalue weighted by molar-refractivity contribution is 0.508. The van der Waals surface area contributed by atoms with E-state index in [2.05, 4.69) is 10.4 Å². The van der Waals surface area contributed by atoms with Gasteiger partial charge in [0.05, 0.1) is 5.69 Å². The largest absolute Gasteiger partial charge is 0.304 e. The number of rotatable bonds is 2. The number of nitrogens with two attached hydrogens (primary N) is 1. The highest BCUT2D eigenvalue weighted by Gasteiger charge is 2.08. The van der Waals surface area contributed by atoms with Crippen LogP contribution in [0.5, 0.6) is 0 Å². The SMILES string of the molecule is NNc1nccn(-c2ccc(F)c(F)c2)c1=O. The summed E-state index contributed by atoms with van der Waals surface area (Å²) in [5, 5.41) is 0. The number of hydrogen-bond donors (Lipinski definition) is 2. The van der Waals surface area contributed by atoms with Crippen LogP contribution >= 0.6 is 0 Å². The van der Waals surface area contributed by atoms with Gasteiger partial charge in [-0.15, -0.1) is 0 Å². The van der Waals surface area contributed by atoms with Crippen molar-refractivity contribution in [1.29, 1.82) is 0 Å². The number of hydrazine groups is 1.